The molecule has 0 aliphatic rings. The maximum Gasteiger partial charge on any atom is 0.134 e. The van der Waals surface area contributed by atoms with Crippen LogP contribution in [0.25, 0.3) is 10.9 Å². The van der Waals surface area contributed by atoms with E-state index in [1.54, 1.807) is 19.3 Å². The molecule has 2 aromatic heterocycles. The Bertz CT molecular complexity index is 1170. The second-order valence-electron chi connectivity index (χ2n) is 7.55. The van der Waals surface area contributed by atoms with Gasteiger partial charge in [-0.2, -0.15) is 0 Å². The number of hydrogen-bond donors (Lipinski definition) is 2. The van der Waals surface area contributed by atoms with Gasteiger partial charge in [0, 0.05) is 47.3 Å². The lowest BCUT2D eigenvalue weighted by Gasteiger charge is -2.14. The van der Waals surface area contributed by atoms with Gasteiger partial charge in [-0.1, -0.05) is 24.3 Å². The molecule has 0 unspecified atom stereocenters. The van der Waals surface area contributed by atoms with Crippen LogP contribution in [0.5, 0.6) is 0 Å². The van der Waals surface area contributed by atoms with Gasteiger partial charge in [0.2, 0.25) is 0 Å². The normalized spacial score (nSPS) is 11.0. The van der Waals surface area contributed by atoms with Crippen molar-refractivity contribution in [1.82, 2.24) is 9.97 Å². The molecule has 0 saturated carbocycles. The number of fused-ring (bicyclic) bond motifs is 1. The number of Topliss-reactive ketones (excluding diaryl/α,β-unsaturated/α-hetero) is 1. The SMILES string of the molecule is CC(=O)Cc1cc(CCCc2c[nH]c3ccccc23)c(F)cc1Nc1ccncc1. The molecule has 0 saturated heterocycles. The van der Waals surface area contributed by atoms with E-state index in [9.17, 15) is 9.18 Å². The largest absolute Gasteiger partial charge is 0.361 e. The Hall–Kier alpha value is -3.47. The molecule has 4 aromatic rings. The maximum absolute atomic E-state index is 14.8. The molecular weight excluding hydrogens is 377 g/mol. The third-order valence-electron chi connectivity index (χ3n) is 5.24. The van der Waals surface area contributed by atoms with Crippen molar-refractivity contribution in [3.05, 3.63) is 89.6 Å². The van der Waals surface area contributed by atoms with Gasteiger partial charge in [-0.3, -0.25) is 9.78 Å². The van der Waals surface area contributed by atoms with Crippen molar-refractivity contribution in [2.75, 3.05) is 5.32 Å². The number of nitrogens with zero attached hydrogens (tertiary/aromatic N) is 1. The van der Waals surface area contributed by atoms with Crippen LogP contribution in [0.3, 0.4) is 0 Å². The van der Waals surface area contributed by atoms with E-state index in [4.69, 9.17) is 0 Å². The van der Waals surface area contributed by atoms with Crippen LogP contribution in [0.2, 0.25) is 0 Å². The Labute approximate surface area is 175 Å². The molecule has 4 nitrogen and oxygen atoms in total. The van der Waals surface area contributed by atoms with Crippen molar-refractivity contribution >= 4 is 28.1 Å². The number of anilines is 2. The van der Waals surface area contributed by atoms with Crippen molar-refractivity contribution in [2.24, 2.45) is 0 Å². The summed E-state index contributed by atoms with van der Waals surface area (Å²) in [6.07, 6.45) is 7.95. The Morgan fingerprint density at radius 2 is 1.80 bits per heavy atom. The number of benzene rings is 2. The monoisotopic (exact) mass is 401 g/mol. The Balaban J connectivity index is 1.51. The van der Waals surface area contributed by atoms with E-state index in [1.807, 2.05) is 36.5 Å². The minimum Gasteiger partial charge on any atom is -0.361 e. The van der Waals surface area contributed by atoms with E-state index >= 15 is 0 Å². The number of halogens is 1. The van der Waals surface area contributed by atoms with Crippen molar-refractivity contribution in [2.45, 2.75) is 32.6 Å². The third-order valence-corrected chi connectivity index (χ3v) is 5.24. The van der Waals surface area contributed by atoms with Crippen LogP contribution in [0.15, 0.2) is 67.1 Å². The highest BCUT2D eigenvalue weighted by Gasteiger charge is 2.13. The molecule has 4 rings (SSSR count). The first-order valence-corrected chi connectivity index (χ1v) is 10.1. The number of carbonyl (C=O) groups is 1. The minimum atomic E-state index is -0.252. The Morgan fingerprint density at radius 1 is 1.03 bits per heavy atom. The zero-order chi connectivity index (χ0) is 20.9. The van der Waals surface area contributed by atoms with Crippen molar-refractivity contribution in [3.63, 3.8) is 0 Å². The topological polar surface area (TPSA) is 57.8 Å². The lowest BCUT2D eigenvalue weighted by Crippen LogP contribution is -2.05. The van der Waals surface area contributed by atoms with E-state index in [0.29, 0.717) is 17.7 Å². The van der Waals surface area contributed by atoms with Crippen LogP contribution < -0.4 is 5.32 Å². The van der Waals surface area contributed by atoms with Gasteiger partial charge in [-0.15, -0.1) is 0 Å². The van der Waals surface area contributed by atoms with Gasteiger partial charge in [-0.25, -0.2) is 4.39 Å². The van der Waals surface area contributed by atoms with Crippen LogP contribution in [0.4, 0.5) is 15.8 Å². The lowest BCUT2D eigenvalue weighted by molar-refractivity contribution is -0.116. The van der Waals surface area contributed by atoms with E-state index in [2.05, 4.69) is 27.4 Å². The summed E-state index contributed by atoms with van der Waals surface area (Å²) >= 11 is 0. The van der Waals surface area contributed by atoms with Crippen LogP contribution in [0.1, 0.15) is 30.0 Å². The average Bonchev–Trinajstić information content (AvgIpc) is 3.15. The van der Waals surface area contributed by atoms with Crippen molar-refractivity contribution in [1.29, 1.82) is 0 Å². The number of hydrogen-bond acceptors (Lipinski definition) is 3. The second-order valence-corrected chi connectivity index (χ2v) is 7.55. The van der Waals surface area contributed by atoms with Crippen LogP contribution in [-0.2, 0) is 24.1 Å². The Morgan fingerprint density at radius 3 is 2.60 bits per heavy atom. The zero-order valence-corrected chi connectivity index (χ0v) is 16.9. The quantitative estimate of drug-likeness (QED) is 0.395. The number of nitrogens with one attached hydrogen (secondary N) is 2. The Kier molecular flexibility index (Phi) is 5.89. The van der Waals surface area contributed by atoms with E-state index < -0.39 is 0 Å². The molecule has 0 radical (unpaired) electrons. The fourth-order valence-electron chi connectivity index (χ4n) is 3.79. The summed E-state index contributed by atoms with van der Waals surface area (Å²) in [6, 6.07) is 15.1. The summed E-state index contributed by atoms with van der Waals surface area (Å²) in [4.78, 5) is 19.1. The first-order chi connectivity index (χ1) is 14.6. The van der Waals surface area contributed by atoms with Crippen LogP contribution in [0, 0.1) is 5.82 Å². The fraction of sp³-hybridized carbons (Fsp3) is 0.200. The van der Waals surface area contributed by atoms with Crippen LogP contribution in [-0.4, -0.2) is 15.8 Å². The van der Waals surface area contributed by atoms with Gasteiger partial charge < -0.3 is 10.3 Å². The molecule has 2 aromatic carbocycles. The fourth-order valence-corrected chi connectivity index (χ4v) is 3.79. The lowest BCUT2D eigenvalue weighted by atomic mass is 9.98. The predicted molar refractivity (Wildman–Crippen MR) is 119 cm³/mol. The highest BCUT2D eigenvalue weighted by atomic mass is 19.1. The van der Waals surface area contributed by atoms with Gasteiger partial charge >= 0.3 is 0 Å². The van der Waals surface area contributed by atoms with Gasteiger partial charge in [-0.05, 0) is 67.1 Å². The first-order valence-electron chi connectivity index (χ1n) is 10.1. The molecule has 30 heavy (non-hydrogen) atoms. The molecule has 0 aliphatic carbocycles. The molecule has 0 bridgehead atoms. The van der Waals surface area contributed by atoms with E-state index in [1.165, 1.54) is 17.0 Å². The predicted octanol–water partition coefficient (Wildman–Crippen LogP) is 5.75. The number of aryl methyl sites for hydroxylation is 2. The molecule has 2 N–H and O–H groups in total. The van der Waals surface area contributed by atoms with Crippen LogP contribution >= 0.6 is 0 Å². The highest BCUT2D eigenvalue weighted by Crippen LogP contribution is 2.27. The summed E-state index contributed by atoms with van der Waals surface area (Å²) in [5.74, 6) is -0.207. The molecule has 0 fully saturated rings. The molecule has 2 heterocycles. The number of H-pyrrole nitrogens is 1. The summed E-state index contributed by atoms with van der Waals surface area (Å²) < 4.78 is 14.8. The van der Waals surface area contributed by atoms with Crippen molar-refractivity contribution in [3.8, 4) is 0 Å². The number of rotatable bonds is 8. The van der Waals surface area contributed by atoms with Gasteiger partial charge in [0.25, 0.3) is 0 Å². The minimum absolute atomic E-state index is 0.0455. The maximum atomic E-state index is 14.8. The molecule has 0 aliphatic heterocycles. The summed E-state index contributed by atoms with van der Waals surface area (Å²) in [6.45, 7) is 1.55. The number of carbonyl (C=O) groups excluding carboxylic acids is 1. The van der Waals surface area contributed by atoms with Crippen molar-refractivity contribution < 1.29 is 9.18 Å². The van der Waals surface area contributed by atoms with Gasteiger partial charge in [0.05, 0.1) is 0 Å². The first kappa shape index (κ1) is 19.8. The third kappa shape index (κ3) is 4.57. The molecule has 0 spiro atoms. The number of ketones is 1. The summed E-state index contributed by atoms with van der Waals surface area (Å²) in [7, 11) is 0. The molecule has 152 valence electrons. The number of para-hydroxylation sites is 1. The zero-order valence-electron chi connectivity index (χ0n) is 16.9. The van der Waals surface area contributed by atoms with Gasteiger partial charge in [0.1, 0.15) is 11.6 Å². The molecule has 0 atom stereocenters. The highest BCUT2D eigenvalue weighted by molar-refractivity contribution is 5.83. The second kappa shape index (κ2) is 8.91. The average molecular weight is 401 g/mol. The standard InChI is InChI=1S/C25H24FN3O/c1-17(30)13-20-14-18(23(26)15-25(20)29-21-9-11-27-12-10-21)5-4-6-19-16-28-24-8-3-2-7-22(19)24/h2-3,7-12,14-16,28H,4-6,13H2,1H3,(H,27,29). The number of pyridine rings is 1. The molecule has 0 amide bonds. The van der Waals surface area contributed by atoms with Gasteiger partial charge in [0.15, 0.2) is 0 Å². The molecular formula is C25H24FN3O. The smallest absolute Gasteiger partial charge is 0.134 e. The summed E-state index contributed by atoms with van der Waals surface area (Å²) in [5.41, 5.74) is 5.24. The number of aromatic amines is 1. The van der Waals surface area contributed by atoms with E-state index in [-0.39, 0.29) is 18.0 Å². The molecule has 5 heteroatoms. The van der Waals surface area contributed by atoms with E-state index in [0.717, 1.165) is 29.6 Å². The summed E-state index contributed by atoms with van der Waals surface area (Å²) in [5, 5.41) is 4.42. The number of aromatic nitrogens is 2.